The van der Waals surface area contributed by atoms with Gasteiger partial charge >= 0.3 is 0 Å². The molecule has 90 valence electrons. The van der Waals surface area contributed by atoms with Crippen LogP contribution in [0.2, 0.25) is 5.02 Å². The molecular formula is C12H13ClFN3. The molecular weight excluding hydrogens is 241 g/mol. The first-order valence-corrected chi connectivity index (χ1v) is 5.79. The number of hydrogen-bond donors (Lipinski definition) is 1. The fourth-order valence-corrected chi connectivity index (χ4v) is 1.60. The topological polar surface area (TPSA) is 29.9 Å². The maximum absolute atomic E-state index is 13.3. The zero-order valence-corrected chi connectivity index (χ0v) is 10.2. The minimum atomic E-state index is -0.437. The highest BCUT2D eigenvalue weighted by Gasteiger charge is 2.04. The number of halogens is 2. The van der Waals surface area contributed by atoms with E-state index in [0.717, 1.165) is 12.2 Å². The van der Waals surface area contributed by atoms with Gasteiger partial charge in [0.25, 0.3) is 0 Å². The van der Waals surface area contributed by atoms with Crippen LogP contribution in [0, 0.1) is 5.82 Å². The van der Waals surface area contributed by atoms with Gasteiger partial charge in [-0.05, 0) is 24.7 Å². The number of nitrogens with zero attached hydrogens (tertiary/aromatic N) is 2. The van der Waals surface area contributed by atoms with E-state index in [9.17, 15) is 4.39 Å². The SMILES string of the molecule is CCNCc1ccn(-c2ccc(Cl)c(F)c2)n1. The molecule has 1 aromatic heterocycles. The summed E-state index contributed by atoms with van der Waals surface area (Å²) in [6, 6.07) is 6.52. The van der Waals surface area contributed by atoms with Crippen molar-refractivity contribution in [3.05, 3.63) is 47.0 Å². The molecule has 0 fully saturated rings. The van der Waals surface area contributed by atoms with Crippen molar-refractivity contribution in [1.82, 2.24) is 15.1 Å². The van der Waals surface area contributed by atoms with Gasteiger partial charge in [0, 0.05) is 18.8 Å². The summed E-state index contributed by atoms with van der Waals surface area (Å²) in [5.41, 5.74) is 1.58. The van der Waals surface area contributed by atoms with Crippen molar-refractivity contribution in [2.24, 2.45) is 0 Å². The molecule has 17 heavy (non-hydrogen) atoms. The molecule has 1 N–H and O–H groups in total. The third kappa shape index (κ3) is 2.84. The second-order valence-corrected chi connectivity index (χ2v) is 4.04. The number of benzene rings is 1. The van der Waals surface area contributed by atoms with E-state index in [4.69, 9.17) is 11.6 Å². The lowest BCUT2D eigenvalue weighted by molar-refractivity contribution is 0.625. The molecule has 2 rings (SSSR count). The molecule has 0 unspecified atom stereocenters. The Hall–Kier alpha value is -1.39. The Morgan fingerprint density at radius 2 is 2.24 bits per heavy atom. The van der Waals surface area contributed by atoms with Gasteiger partial charge in [0.15, 0.2) is 0 Å². The third-order valence-corrected chi connectivity index (χ3v) is 2.67. The molecule has 0 aliphatic rings. The van der Waals surface area contributed by atoms with E-state index in [0.29, 0.717) is 12.2 Å². The second-order valence-electron chi connectivity index (χ2n) is 3.63. The summed E-state index contributed by atoms with van der Waals surface area (Å²) in [5.74, 6) is -0.437. The van der Waals surface area contributed by atoms with Crippen LogP contribution in [0.4, 0.5) is 4.39 Å². The molecule has 1 aromatic carbocycles. The van der Waals surface area contributed by atoms with Crippen LogP contribution in [0.5, 0.6) is 0 Å². The molecule has 0 bridgehead atoms. The Labute approximate surface area is 104 Å². The predicted octanol–water partition coefficient (Wildman–Crippen LogP) is 2.77. The Kier molecular flexibility index (Phi) is 3.76. The van der Waals surface area contributed by atoms with Crippen molar-refractivity contribution in [3.63, 3.8) is 0 Å². The summed E-state index contributed by atoms with van der Waals surface area (Å²) in [7, 11) is 0. The molecule has 0 amide bonds. The predicted molar refractivity (Wildman–Crippen MR) is 65.9 cm³/mol. The molecule has 5 heteroatoms. The lowest BCUT2D eigenvalue weighted by atomic mass is 10.3. The zero-order valence-electron chi connectivity index (χ0n) is 9.45. The van der Waals surface area contributed by atoms with E-state index >= 15 is 0 Å². The third-order valence-electron chi connectivity index (χ3n) is 2.37. The van der Waals surface area contributed by atoms with Crippen LogP contribution in [0.25, 0.3) is 5.69 Å². The van der Waals surface area contributed by atoms with E-state index in [2.05, 4.69) is 10.4 Å². The van der Waals surface area contributed by atoms with Crippen LogP contribution in [0.3, 0.4) is 0 Å². The van der Waals surface area contributed by atoms with E-state index in [1.807, 2.05) is 13.0 Å². The van der Waals surface area contributed by atoms with Gasteiger partial charge in [-0.3, -0.25) is 0 Å². The van der Waals surface area contributed by atoms with Gasteiger partial charge in [-0.25, -0.2) is 9.07 Å². The van der Waals surface area contributed by atoms with Crippen molar-refractivity contribution in [1.29, 1.82) is 0 Å². The Balaban J connectivity index is 2.21. The van der Waals surface area contributed by atoms with Crippen LogP contribution < -0.4 is 5.32 Å². The van der Waals surface area contributed by atoms with E-state index in [1.54, 1.807) is 16.9 Å². The molecule has 0 saturated carbocycles. The van der Waals surface area contributed by atoms with Gasteiger partial charge in [-0.2, -0.15) is 5.10 Å². The highest BCUT2D eigenvalue weighted by molar-refractivity contribution is 6.30. The van der Waals surface area contributed by atoms with Crippen LogP contribution in [-0.2, 0) is 6.54 Å². The van der Waals surface area contributed by atoms with Crippen LogP contribution >= 0.6 is 11.6 Å². The first-order chi connectivity index (χ1) is 8.20. The maximum atomic E-state index is 13.3. The summed E-state index contributed by atoms with van der Waals surface area (Å²) in [6.07, 6.45) is 1.80. The van der Waals surface area contributed by atoms with Gasteiger partial charge in [0.05, 0.1) is 16.4 Å². The van der Waals surface area contributed by atoms with Gasteiger partial charge in [-0.15, -0.1) is 0 Å². The summed E-state index contributed by atoms with van der Waals surface area (Å²) >= 11 is 5.63. The molecule has 0 spiro atoms. The number of aromatic nitrogens is 2. The van der Waals surface area contributed by atoms with Gasteiger partial charge in [0.1, 0.15) is 5.82 Å². The highest BCUT2D eigenvalue weighted by Crippen LogP contribution is 2.17. The number of hydrogen-bond acceptors (Lipinski definition) is 2. The summed E-state index contributed by atoms with van der Waals surface area (Å²) in [5, 5.41) is 7.63. The fraction of sp³-hybridized carbons (Fsp3) is 0.250. The molecule has 0 aliphatic heterocycles. The Morgan fingerprint density at radius 1 is 1.41 bits per heavy atom. The minimum Gasteiger partial charge on any atom is -0.311 e. The molecule has 0 saturated heterocycles. The van der Waals surface area contributed by atoms with Crippen LogP contribution in [0.15, 0.2) is 30.5 Å². The zero-order chi connectivity index (χ0) is 12.3. The lowest BCUT2D eigenvalue weighted by Gasteiger charge is -2.02. The first-order valence-electron chi connectivity index (χ1n) is 5.41. The quantitative estimate of drug-likeness (QED) is 0.908. The molecule has 0 radical (unpaired) electrons. The monoisotopic (exact) mass is 253 g/mol. The fourth-order valence-electron chi connectivity index (χ4n) is 1.48. The van der Waals surface area contributed by atoms with Gasteiger partial charge in [0.2, 0.25) is 0 Å². The largest absolute Gasteiger partial charge is 0.311 e. The molecule has 3 nitrogen and oxygen atoms in total. The Bertz CT molecular complexity index is 510. The van der Waals surface area contributed by atoms with Gasteiger partial charge < -0.3 is 5.32 Å². The van der Waals surface area contributed by atoms with Crippen LogP contribution in [0.1, 0.15) is 12.6 Å². The van der Waals surface area contributed by atoms with Crippen molar-refractivity contribution < 1.29 is 4.39 Å². The maximum Gasteiger partial charge on any atom is 0.143 e. The number of nitrogens with one attached hydrogen (secondary N) is 1. The summed E-state index contributed by atoms with van der Waals surface area (Å²) in [4.78, 5) is 0. The first kappa shape index (κ1) is 12.1. The van der Waals surface area contributed by atoms with E-state index < -0.39 is 5.82 Å². The van der Waals surface area contributed by atoms with Crippen molar-refractivity contribution in [2.45, 2.75) is 13.5 Å². The Morgan fingerprint density at radius 3 is 2.94 bits per heavy atom. The molecule has 2 aromatic rings. The summed E-state index contributed by atoms with van der Waals surface area (Å²) < 4.78 is 14.9. The highest BCUT2D eigenvalue weighted by atomic mass is 35.5. The van der Waals surface area contributed by atoms with E-state index in [-0.39, 0.29) is 5.02 Å². The normalized spacial score (nSPS) is 10.8. The van der Waals surface area contributed by atoms with Crippen molar-refractivity contribution in [3.8, 4) is 5.69 Å². The lowest BCUT2D eigenvalue weighted by Crippen LogP contribution is -2.12. The number of rotatable bonds is 4. The van der Waals surface area contributed by atoms with Crippen molar-refractivity contribution >= 4 is 11.6 Å². The standard InChI is InChI=1S/C12H13ClFN3/c1-2-15-8-9-5-6-17(16-9)10-3-4-11(13)12(14)7-10/h3-7,15H,2,8H2,1H3. The van der Waals surface area contributed by atoms with Crippen LogP contribution in [-0.4, -0.2) is 16.3 Å². The van der Waals surface area contributed by atoms with Crippen molar-refractivity contribution in [2.75, 3.05) is 6.54 Å². The average molecular weight is 254 g/mol. The molecule has 1 heterocycles. The molecule has 0 aliphatic carbocycles. The smallest absolute Gasteiger partial charge is 0.143 e. The minimum absolute atomic E-state index is 0.119. The molecule has 0 atom stereocenters. The second kappa shape index (κ2) is 5.29. The summed E-state index contributed by atoms with van der Waals surface area (Å²) in [6.45, 7) is 3.63. The van der Waals surface area contributed by atoms with Gasteiger partial charge in [-0.1, -0.05) is 18.5 Å². The van der Waals surface area contributed by atoms with E-state index in [1.165, 1.54) is 12.1 Å². The average Bonchev–Trinajstić information content (AvgIpc) is 2.79.